The topological polar surface area (TPSA) is 35.6 Å². The van der Waals surface area contributed by atoms with Crippen molar-refractivity contribution in [3.05, 3.63) is 34.9 Å². The molecule has 0 spiro atoms. The van der Waals surface area contributed by atoms with E-state index in [1.54, 1.807) is 0 Å². The maximum absolute atomic E-state index is 12.1. The maximum Gasteiger partial charge on any atom is 0.317 e. The van der Waals surface area contributed by atoms with Gasteiger partial charge in [0.2, 0.25) is 0 Å². The fourth-order valence-corrected chi connectivity index (χ4v) is 2.85. The number of urea groups is 1. The Hall–Kier alpha value is -0.910. The summed E-state index contributed by atoms with van der Waals surface area (Å²) in [5, 5.41) is 3.68. The van der Waals surface area contributed by atoms with Gasteiger partial charge in [0.1, 0.15) is 0 Å². The van der Waals surface area contributed by atoms with Crippen molar-refractivity contribution < 1.29 is 4.79 Å². The monoisotopic (exact) mass is 327 g/mol. The lowest BCUT2D eigenvalue weighted by molar-refractivity contribution is 0.143. The van der Waals surface area contributed by atoms with E-state index in [2.05, 4.69) is 16.5 Å². The third kappa shape index (κ3) is 5.41. The summed E-state index contributed by atoms with van der Waals surface area (Å²) in [7, 11) is 0. The first-order chi connectivity index (χ1) is 10.2. The van der Waals surface area contributed by atoms with Crippen molar-refractivity contribution in [2.24, 2.45) is 0 Å². The highest BCUT2D eigenvalue weighted by molar-refractivity contribution is 7.98. The summed E-state index contributed by atoms with van der Waals surface area (Å²) >= 11 is 7.71. The minimum absolute atomic E-state index is 0.0227. The van der Waals surface area contributed by atoms with E-state index in [9.17, 15) is 4.79 Å². The van der Waals surface area contributed by atoms with E-state index in [-0.39, 0.29) is 6.03 Å². The van der Waals surface area contributed by atoms with Gasteiger partial charge < -0.3 is 10.2 Å². The van der Waals surface area contributed by atoms with E-state index in [0.29, 0.717) is 11.6 Å². The molecule has 1 heterocycles. The molecule has 0 aromatic heterocycles. The van der Waals surface area contributed by atoms with Gasteiger partial charge in [0.25, 0.3) is 0 Å². The molecule has 4 nitrogen and oxygen atoms in total. The van der Waals surface area contributed by atoms with Gasteiger partial charge in [0, 0.05) is 50.0 Å². The quantitative estimate of drug-likeness (QED) is 0.902. The van der Waals surface area contributed by atoms with E-state index in [4.69, 9.17) is 11.6 Å². The van der Waals surface area contributed by atoms with Gasteiger partial charge in [0.05, 0.1) is 0 Å². The Balaban J connectivity index is 1.71. The van der Waals surface area contributed by atoms with E-state index in [1.807, 2.05) is 40.9 Å². The molecule has 0 atom stereocenters. The number of nitrogens with zero attached hydrogens (tertiary/aromatic N) is 2. The number of halogens is 1. The second-order valence-electron chi connectivity index (χ2n) is 5.11. The van der Waals surface area contributed by atoms with Crippen molar-refractivity contribution in [3.8, 4) is 0 Å². The lowest BCUT2D eigenvalue weighted by atomic mass is 10.2. The molecular formula is C15H22ClN3OS. The van der Waals surface area contributed by atoms with Crippen molar-refractivity contribution in [2.75, 3.05) is 44.7 Å². The predicted molar refractivity (Wildman–Crippen MR) is 90.1 cm³/mol. The van der Waals surface area contributed by atoms with E-state index in [1.165, 1.54) is 0 Å². The molecule has 0 saturated carbocycles. The zero-order valence-electron chi connectivity index (χ0n) is 12.3. The van der Waals surface area contributed by atoms with Gasteiger partial charge in [-0.25, -0.2) is 4.79 Å². The standard InChI is InChI=1S/C15H22ClN3OS/c1-21-11-10-18-6-8-19(9-7-18)15(20)17-12-13-2-4-14(16)5-3-13/h2-5H,6-12H2,1H3,(H,17,20). The number of thioether (sulfide) groups is 1. The molecule has 0 bridgehead atoms. The van der Waals surface area contributed by atoms with Gasteiger partial charge in [-0.2, -0.15) is 11.8 Å². The van der Waals surface area contributed by atoms with Gasteiger partial charge in [-0.1, -0.05) is 23.7 Å². The van der Waals surface area contributed by atoms with Gasteiger partial charge in [-0.15, -0.1) is 0 Å². The number of carbonyl (C=O) groups excluding carboxylic acids is 1. The molecule has 2 amide bonds. The number of nitrogens with one attached hydrogen (secondary N) is 1. The molecule has 21 heavy (non-hydrogen) atoms. The van der Waals surface area contributed by atoms with Gasteiger partial charge in [0.15, 0.2) is 0 Å². The van der Waals surface area contributed by atoms with Crippen LogP contribution in [0.4, 0.5) is 4.79 Å². The summed E-state index contributed by atoms with van der Waals surface area (Å²) in [6, 6.07) is 7.57. The molecule has 6 heteroatoms. The maximum atomic E-state index is 12.1. The number of amides is 2. The zero-order chi connectivity index (χ0) is 15.1. The highest BCUT2D eigenvalue weighted by Gasteiger charge is 2.20. The van der Waals surface area contributed by atoms with Crippen LogP contribution in [0.15, 0.2) is 24.3 Å². The summed E-state index contributed by atoms with van der Waals surface area (Å²) in [6.45, 7) is 5.20. The Kier molecular flexibility index (Phi) is 6.67. The van der Waals surface area contributed by atoms with Crippen LogP contribution in [0.3, 0.4) is 0 Å². The van der Waals surface area contributed by atoms with Crippen molar-refractivity contribution in [3.63, 3.8) is 0 Å². The van der Waals surface area contributed by atoms with Crippen molar-refractivity contribution in [1.82, 2.24) is 15.1 Å². The molecule has 1 N–H and O–H groups in total. The Labute approximate surface area is 135 Å². The van der Waals surface area contributed by atoms with E-state index < -0.39 is 0 Å². The predicted octanol–water partition coefficient (Wildman–Crippen LogP) is 2.53. The molecule has 1 aliphatic heterocycles. The Morgan fingerprint density at radius 1 is 1.24 bits per heavy atom. The highest BCUT2D eigenvalue weighted by atomic mass is 35.5. The summed E-state index contributed by atoms with van der Waals surface area (Å²) in [6.07, 6.45) is 2.13. The van der Waals surface area contributed by atoms with Crippen LogP contribution >= 0.6 is 23.4 Å². The van der Waals surface area contributed by atoms with Gasteiger partial charge in [-0.05, 0) is 24.0 Å². The number of carbonyl (C=O) groups is 1. The molecule has 1 aromatic rings. The SMILES string of the molecule is CSCCN1CCN(C(=O)NCc2ccc(Cl)cc2)CC1. The zero-order valence-corrected chi connectivity index (χ0v) is 13.9. The molecule has 2 rings (SSSR count). The first-order valence-electron chi connectivity index (χ1n) is 7.17. The van der Waals surface area contributed by atoms with Crippen LogP contribution < -0.4 is 5.32 Å². The van der Waals surface area contributed by atoms with Crippen LogP contribution in [0, 0.1) is 0 Å². The average molecular weight is 328 g/mol. The van der Waals surface area contributed by atoms with Gasteiger partial charge >= 0.3 is 6.03 Å². The average Bonchev–Trinajstić information content (AvgIpc) is 2.52. The molecule has 1 aliphatic rings. The summed E-state index contributed by atoms with van der Waals surface area (Å²) in [5.41, 5.74) is 1.06. The normalized spacial score (nSPS) is 16.0. The smallest absolute Gasteiger partial charge is 0.317 e. The molecule has 1 aromatic carbocycles. The summed E-state index contributed by atoms with van der Waals surface area (Å²) < 4.78 is 0. The third-order valence-corrected chi connectivity index (χ3v) is 4.47. The number of hydrogen-bond donors (Lipinski definition) is 1. The Morgan fingerprint density at radius 2 is 1.90 bits per heavy atom. The molecule has 0 aliphatic carbocycles. The fraction of sp³-hybridized carbons (Fsp3) is 0.533. The highest BCUT2D eigenvalue weighted by Crippen LogP contribution is 2.09. The van der Waals surface area contributed by atoms with E-state index >= 15 is 0 Å². The first-order valence-corrected chi connectivity index (χ1v) is 8.95. The van der Waals surface area contributed by atoms with Gasteiger partial charge in [-0.3, -0.25) is 4.90 Å². The molecule has 0 radical (unpaired) electrons. The second kappa shape index (κ2) is 8.51. The Bertz CT molecular complexity index is 447. The first kappa shape index (κ1) is 16.5. The van der Waals surface area contributed by atoms with Crippen LogP contribution in [-0.2, 0) is 6.54 Å². The third-order valence-electron chi connectivity index (χ3n) is 3.63. The fourth-order valence-electron chi connectivity index (χ4n) is 2.29. The van der Waals surface area contributed by atoms with Crippen LogP contribution in [0.25, 0.3) is 0 Å². The molecule has 1 saturated heterocycles. The lowest BCUT2D eigenvalue weighted by Crippen LogP contribution is -2.51. The molecular weight excluding hydrogens is 306 g/mol. The number of benzene rings is 1. The van der Waals surface area contributed by atoms with Crippen LogP contribution in [0.5, 0.6) is 0 Å². The van der Waals surface area contributed by atoms with Crippen LogP contribution in [0.1, 0.15) is 5.56 Å². The molecule has 0 unspecified atom stereocenters. The van der Waals surface area contributed by atoms with Crippen LogP contribution in [-0.4, -0.2) is 60.6 Å². The molecule has 116 valence electrons. The van der Waals surface area contributed by atoms with Crippen molar-refractivity contribution in [2.45, 2.75) is 6.54 Å². The van der Waals surface area contributed by atoms with E-state index in [0.717, 1.165) is 44.0 Å². The summed E-state index contributed by atoms with van der Waals surface area (Å²) in [5.74, 6) is 1.16. The van der Waals surface area contributed by atoms with Crippen LogP contribution in [0.2, 0.25) is 5.02 Å². The largest absolute Gasteiger partial charge is 0.334 e. The second-order valence-corrected chi connectivity index (χ2v) is 6.53. The number of hydrogen-bond acceptors (Lipinski definition) is 3. The van der Waals surface area contributed by atoms with Crippen molar-refractivity contribution in [1.29, 1.82) is 0 Å². The number of rotatable bonds is 5. The van der Waals surface area contributed by atoms with Crippen molar-refractivity contribution >= 4 is 29.4 Å². The molecule has 1 fully saturated rings. The Morgan fingerprint density at radius 3 is 2.52 bits per heavy atom. The minimum atomic E-state index is 0.0227. The lowest BCUT2D eigenvalue weighted by Gasteiger charge is -2.34. The summed E-state index contributed by atoms with van der Waals surface area (Å²) in [4.78, 5) is 16.4. The number of piperazine rings is 1. The minimum Gasteiger partial charge on any atom is -0.334 e.